The minimum Gasteiger partial charge on any atom is -0.397 e. The van der Waals surface area contributed by atoms with Crippen LogP contribution in [-0.4, -0.2) is 26.0 Å². The number of carbonyl (C=O) groups excluding carboxylic acids is 1. The van der Waals surface area contributed by atoms with Gasteiger partial charge in [0.15, 0.2) is 0 Å². The van der Waals surface area contributed by atoms with Crippen molar-refractivity contribution in [1.82, 2.24) is 5.32 Å². The quantitative estimate of drug-likeness (QED) is 0.787. The Hall–Kier alpha value is -1.49. The first-order chi connectivity index (χ1) is 9.10. The maximum Gasteiger partial charge on any atom is 0.263 e. The van der Waals surface area contributed by atoms with E-state index in [2.05, 4.69) is 23.7 Å². The molecule has 1 aliphatic rings. The number of amides is 1. The predicted molar refractivity (Wildman–Crippen MR) is 82.2 cm³/mol. The maximum absolute atomic E-state index is 12.1. The van der Waals surface area contributed by atoms with E-state index in [4.69, 9.17) is 5.73 Å². The van der Waals surface area contributed by atoms with Crippen LogP contribution < -0.4 is 16.0 Å². The zero-order valence-corrected chi connectivity index (χ0v) is 12.3. The van der Waals surface area contributed by atoms with Crippen molar-refractivity contribution < 1.29 is 4.79 Å². The first kappa shape index (κ1) is 13.9. The summed E-state index contributed by atoms with van der Waals surface area (Å²) in [5.41, 5.74) is 8.06. The molecular weight excluding hydrogens is 258 g/mol. The van der Waals surface area contributed by atoms with Crippen molar-refractivity contribution >= 4 is 27.9 Å². The van der Waals surface area contributed by atoms with E-state index in [0.29, 0.717) is 23.0 Å². The molecule has 0 aliphatic heterocycles. The first-order valence-electron chi connectivity index (χ1n) is 6.62. The molecule has 0 spiro atoms. The first-order valence-corrected chi connectivity index (χ1v) is 7.44. The third-order valence-electron chi connectivity index (χ3n) is 3.38. The minimum absolute atomic E-state index is 0.0972. The number of nitrogens with zero attached hydrogens (tertiary/aromatic N) is 1. The Bertz CT molecular complexity index is 491. The van der Waals surface area contributed by atoms with Crippen molar-refractivity contribution in [3.8, 4) is 0 Å². The smallest absolute Gasteiger partial charge is 0.263 e. The molecule has 0 atom stereocenters. The molecule has 4 nitrogen and oxygen atoms in total. The highest BCUT2D eigenvalue weighted by Crippen LogP contribution is 2.51. The van der Waals surface area contributed by atoms with Gasteiger partial charge in [0.2, 0.25) is 0 Å². The number of nitrogens with one attached hydrogen (secondary N) is 1. The summed E-state index contributed by atoms with van der Waals surface area (Å²) in [7, 11) is 2.04. The molecule has 1 saturated carbocycles. The highest BCUT2D eigenvalue weighted by Gasteiger charge is 2.33. The van der Waals surface area contributed by atoms with Gasteiger partial charge in [0, 0.05) is 25.7 Å². The van der Waals surface area contributed by atoms with Gasteiger partial charge in [-0.25, -0.2) is 0 Å². The van der Waals surface area contributed by atoms with Gasteiger partial charge in [-0.2, -0.15) is 0 Å². The van der Waals surface area contributed by atoms with E-state index in [9.17, 15) is 4.79 Å². The highest BCUT2D eigenvalue weighted by molar-refractivity contribution is 7.18. The number of hydrogen-bond donors (Lipinski definition) is 2. The zero-order chi connectivity index (χ0) is 14.0. The monoisotopic (exact) mass is 279 g/mol. The molecule has 5 heteroatoms. The lowest BCUT2D eigenvalue weighted by Gasteiger charge is -2.16. The van der Waals surface area contributed by atoms with E-state index in [0.717, 1.165) is 11.5 Å². The summed E-state index contributed by atoms with van der Waals surface area (Å²) < 4.78 is 0. The molecule has 1 aliphatic carbocycles. The molecule has 1 aromatic heterocycles. The maximum atomic E-state index is 12.1. The minimum atomic E-state index is -0.0972. The molecule has 0 unspecified atom stereocenters. The fourth-order valence-corrected chi connectivity index (χ4v) is 3.30. The second-order valence-corrected chi connectivity index (χ2v) is 5.85. The summed E-state index contributed by atoms with van der Waals surface area (Å²) >= 11 is 1.50. The molecule has 2 rings (SSSR count). The number of nitrogen functional groups attached to an aromatic ring is 1. The summed E-state index contributed by atoms with van der Waals surface area (Å²) in [4.78, 5) is 14.9. The van der Waals surface area contributed by atoms with Gasteiger partial charge in [0.1, 0.15) is 4.88 Å². The molecule has 104 valence electrons. The average Bonchev–Trinajstić information content (AvgIpc) is 3.18. The van der Waals surface area contributed by atoms with E-state index in [1.807, 2.05) is 7.05 Å². The Balaban J connectivity index is 2.34. The molecule has 1 fully saturated rings. The van der Waals surface area contributed by atoms with Gasteiger partial charge in [-0.15, -0.1) is 17.9 Å². The van der Waals surface area contributed by atoms with E-state index in [1.54, 1.807) is 6.08 Å². The Morgan fingerprint density at radius 2 is 2.32 bits per heavy atom. The second kappa shape index (κ2) is 5.65. The van der Waals surface area contributed by atoms with Crippen LogP contribution in [0.25, 0.3) is 0 Å². The van der Waals surface area contributed by atoms with Crippen LogP contribution in [0.3, 0.4) is 0 Å². The van der Waals surface area contributed by atoms with Gasteiger partial charge in [0.25, 0.3) is 5.91 Å². The summed E-state index contributed by atoms with van der Waals surface area (Å²) in [6.45, 7) is 7.08. The zero-order valence-electron chi connectivity index (χ0n) is 11.5. The summed E-state index contributed by atoms with van der Waals surface area (Å²) in [5.74, 6) is 0.446. The van der Waals surface area contributed by atoms with Crippen molar-refractivity contribution in [3.63, 3.8) is 0 Å². The van der Waals surface area contributed by atoms with Crippen molar-refractivity contribution in [3.05, 3.63) is 23.1 Å². The second-order valence-electron chi connectivity index (χ2n) is 4.85. The molecule has 0 bridgehead atoms. The van der Waals surface area contributed by atoms with Gasteiger partial charge in [-0.05, 0) is 25.7 Å². The number of anilines is 2. The van der Waals surface area contributed by atoms with Crippen LogP contribution in [0.4, 0.5) is 10.7 Å². The Morgan fingerprint density at radius 1 is 1.63 bits per heavy atom. The predicted octanol–water partition coefficient (Wildman–Crippen LogP) is 2.58. The Morgan fingerprint density at radius 3 is 2.84 bits per heavy atom. The van der Waals surface area contributed by atoms with E-state index in [1.165, 1.54) is 29.7 Å². The molecule has 1 heterocycles. The lowest BCUT2D eigenvalue weighted by Crippen LogP contribution is -2.23. The van der Waals surface area contributed by atoms with Crippen LogP contribution in [0, 0.1) is 0 Å². The SMILES string of the molecule is C=CCNC(=O)c1sc(N(C)CC)c(C2CC2)c1N. The molecule has 1 amide bonds. The Kier molecular flexibility index (Phi) is 4.14. The van der Waals surface area contributed by atoms with Crippen LogP contribution >= 0.6 is 11.3 Å². The molecule has 3 N–H and O–H groups in total. The lowest BCUT2D eigenvalue weighted by atomic mass is 10.1. The van der Waals surface area contributed by atoms with Gasteiger partial charge in [-0.1, -0.05) is 6.08 Å². The van der Waals surface area contributed by atoms with Crippen molar-refractivity contribution in [2.75, 3.05) is 30.8 Å². The molecule has 19 heavy (non-hydrogen) atoms. The van der Waals surface area contributed by atoms with Gasteiger partial charge < -0.3 is 16.0 Å². The van der Waals surface area contributed by atoms with Crippen LogP contribution in [0.1, 0.15) is 40.9 Å². The number of carbonyl (C=O) groups is 1. The fourth-order valence-electron chi connectivity index (χ4n) is 2.05. The van der Waals surface area contributed by atoms with Crippen molar-refractivity contribution in [2.24, 2.45) is 0 Å². The topological polar surface area (TPSA) is 58.4 Å². The molecule has 0 radical (unpaired) electrons. The van der Waals surface area contributed by atoms with Crippen LogP contribution in [-0.2, 0) is 0 Å². The van der Waals surface area contributed by atoms with E-state index in [-0.39, 0.29) is 5.91 Å². The Labute approximate surface area is 118 Å². The van der Waals surface area contributed by atoms with Gasteiger partial charge in [0.05, 0.1) is 10.7 Å². The van der Waals surface area contributed by atoms with Crippen molar-refractivity contribution in [1.29, 1.82) is 0 Å². The summed E-state index contributed by atoms with van der Waals surface area (Å²) in [6.07, 6.45) is 4.03. The number of nitrogens with two attached hydrogens (primary N) is 1. The summed E-state index contributed by atoms with van der Waals surface area (Å²) in [6, 6.07) is 0. The van der Waals surface area contributed by atoms with E-state index >= 15 is 0 Å². The number of rotatable bonds is 6. The number of hydrogen-bond acceptors (Lipinski definition) is 4. The van der Waals surface area contributed by atoms with Crippen LogP contribution in [0.2, 0.25) is 0 Å². The lowest BCUT2D eigenvalue weighted by molar-refractivity contribution is 0.0963. The van der Waals surface area contributed by atoms with Gasteiger partial charge in [-0.3, -0.25) is 4.79 Å². The largest absolute Gasteiger partial charge is 0.397 e. The standard InChI is InChI=1S/C14H21N3OS/c1-4-8-16-13(18)12-11(15)10(9-6-7-9)14(19-12)17(3)5-2/h4,9H,1,5-8,15H2,2-3H3,(H,16,18). The number of thiophene rings is 1. The summed E-state index contributed by atoms with van der Waals surface area (Å²) in [5, 5.41) is 3.95. The normalized spacial score (nSPS) is 14.2. The van der Waals surface area contributed by atoms with Gasteiger partial charge >= 0.3 is 0 Å². The molecule has 1 aromatic rings. The fraction of sp³-hybridized carbons (Fsp3) is 0.500. The molecular formula is C14H21N3OS. The van der Waals surface area contributed by atoms with Crippen LogP contribution in [0.5, 0.6) is 0 Å². The van der Waals surface area contributed by atoms with Crippen LogP contribution in [0.15, 0.2) is 12.7 Å². The highest BCUT2D eigenvalue weighted by atomic mass is 32.1. The van der Waals surface area contributed by atoms with Crippen molar-refractivity contribution in [2.45, 2.75) is 25.7 Å². The average molecular weight is 279 g/mol. The third kappa shape index (κ3) is 2.76. The molecule has 0 aromatic carbocycles. The third-order valence-corrected chi connectivity index (χ3v) is 4.72. The molecule has 0 saturated heterocycles. The van der Waals surface area contributed by atoms with E-state index < -0.39 is 0 Å².